The monoisotopic (exact) mass is 418 g/mol. The lowest BCUT2D eigenvalue weighted by molar-refractivity contribution is 0.246. The molecule has 4 rings (SSSR count). The van der Waals surface area contributed by atoms with Gasteiger partial charge in [0.15, 0.2) is 0 Å². The lowest BCUT2D eigenvalue weighted by atomic mass is 10.0. The Morgan fingerprint density at radius 3 is 2.82 bits per heavy atom. The van der Waals surface area contributed by atoms with E-state index in [0.717, 1.165) is 46.8 Å². The number of thiophene rings is 1. The van der Waals surface area contributed by atoms with Crippen LogP contribution in [0.15, 0.2) is 30.2 Å². The van der Waals surface area contributed by atoms with Crippen molar-refractivity contribution in [2.24, 2.45) is 5.92 Å². The van der Waals surface area contributed by atoms with Gasteiger partial charge >= 0.3 is 0 Å². The van der Waals surface area contributed by atoms with Gasteiger partial charge in [-0.15, -0.1) is 11.3 Å². The zero-order valence-electron chi connectivity index (χ0n) is 16.3. The highest BCUT2D eigenvalue weighted by molar-refractivity contribution is 7.95. The second-order valence-electron chi connectivity index (χ2n) is 7.65. The molecule has 1 aliphatic heterocycles. The number of anilines is 1. The molecule has 7 heteroatoms. The number of nitrogens with one attached hydrogen (secondary N) is 1. The van der Waals surface area contributed by atoms with Gasteiger partial charge in [0.05, 0.1) is 12.8 Å². The zero-order valence-corrected chi connectivity index (χ0v) is 18.0. The third-order valence-electron chi connectivity index (χ3n) is 5.50. The Kier molecular flexibility index (Phi) is 5.24. The van der Waals surface area contributed by atoms with Crippen molar-refractivity contribution < 1.29 is 13.2 Å². The van der Waals surface area contributed by atoms with Crippen LogP contribution in [0.3, 0.4) is 0 Å². The highest BCUT2D eigenvalue weighted by Gasteiger charge is 2.27. The van der Waals surface area contributed by atoms with E-state index in [0.29, 0.717) is 11.4 Å². The molecule has 0 bridgehead atoms. The van der Waals surface area contributed by atoms with Crippen molar-refractivity contribution in [2.75, 3.05) is 24.9 Å². The second-order valence-corrected chi connectivity index (χ2v) is 10.4. The molecule has 1 aromatic heterocycles. The Balaban J connectivity index is 1.65. The molecule has 0 amide bonds. The molecule has 1 fully saturated rings. The topological polar surface area (TPSA) is 58.6 Å². The van der Waals surface area contributed by atoms with Gasteiger partial charge in [-0.1, -0.05) is 6.58 Å². The Labute approximate surface area is 171 Å². The standard InChI is InChI=1S/C21H26N2O3S2/c1-4-28(24,25)22-18-9-16(10-19(26-3)14(18)2)21-11-17-13-23(12-15-5-6-15)8-7-20(17)27-21/h4,9-11,15,22H,1,5-8,12-13H2,2-3H3. The Hall–Kier alpha value is -1.83. The van der Waals surface area contributed by atoms with Crippen LogP contribution in [0.5, 0.6) is 5.75 Å². The smallest absolute Gasteiger partial charge is 0.254 e. The summed E-state index contributed by atoms with van der Waals surface area (Å²) in [5.74, 6) is 1.57. The summed E-state index contributed by atoms with van der Waals surface area (Å²) in [6.45, 7) is 8.58. The Morgan fingerprint density at radius 1 is 1.36 bits per heavy atom. The van der Waals surface area contributed by atoms with Gasteiger partial charge in [0, 0.05) is 40.4 Å². The SMILES string of the molecule is C=CS(=O)(=O)Nc1cc(-c2cc3c(s2)CCN(CC2CC2)C3)cc(OC)c1C. The van der Waals surface area contributed by atoms with E-state index < -0.39 is 10.0 Å². The lowest BCUT2D eigenvalue weighted by Gasteiger charge is -2.26. The number of nitrogens with zero attached hydrogens (tertiary/aromatic N) is 1. The largest absolute Gasteiger partial charge is 0.496 e. The normalized spacial score (nSPS) is 17.2. The highest BCUT2D eigenvalue weighted by Crippen LogP contribution is 2.40. The van der Waals surface area contributed by atoms with Gasteiger partial charge in [-0.25, -0.2) is 8.42 Å². The van der Waals surface area contributed by atoms with E-state index in [9.17, 15) is 8.42 Å². The lowest BCUT2D eigenvalue weighted by Crippen LogP contribution is -2.31. The zero-order chi connectivity index (χ0) is 19.9. The number of sulfonamides is 1. The van der Waals surface area contributed by atoms with Gasteiger partial charge in [0.2, 0.25) is 0 Å². The molecule has 28 heavy (non-hydrogen) atoms. The van der Waals surface area contributed by atoms with E-state index in [-0.39, 0.29) is 0 Å². The molecule has 2 aliphatic rings. The van der Waals surface area contributed by atoms with Gasteiger partial charge in [-0.2, -0.15) is 0 Å². The van der Waals surface area contributed by atoms with Crippen LogP contribution >= 0.6 is 11.3 Å². The van der Waals surface area contributed by atoms with Crippen LogP contribution in [0.4, 0.5) is 5.69 Å². The molecule has 0 spiro atoms. The summed E-state index contributed by atoms with van der Waals surface area (Å²) in [7, 11) is -1.97. The molecule has 2 heterocycles. The first kappa shape index (κ1) is 19.5. The third-order valence-corrected chi connectivity index (χ3v) is 7.72. The first-order valence-electron chi connectivity index (χ1n) is 9.56. The minimum Gasteiger partial charge on any atom is -0.496 e. The number of rotatable bonds is 7. The van der Waals surface area contributed by atoms with Crippen LogP contribution < -0.4 is 9.46 Å². The van der Waals surface area contributed by atoms with Gasteiger partial charge in [-0.3, -0.25) is 9.62 Å². The van der Waals surface area contributed by atoms with Crippen molar-refractivity contribution in [3.8, 4) is 16.2 Å². The molecule has 0 unspecified atom stereocenters. The fourth-order valence-electron chi connectivity index (χ4n) is 3.70. The third kappa shape index (κ3) is 4.11. The van der Waals surface area contributed by atoms with Crippen molar-refractivity contribution in [1.29, 1.82) is 0 Å². The van der Waals surface area contributed by atoms with E-state index in [1.807, 2.05) is 19.1 Å². The van der Waals surface area contributed by atoms with Gasteiger partial charge in [0.1, 0.15) is 5.75 Å². The molecule has 2 aromatic rings. The summed E-state index contributed by atoms with van der Waals surface area (Å²) in [4.78, 5) is 5.15. The second kappa shape index (κ2) is 7.54. The predicted octanol–water partition coefficient (Wildman–Crippen LogP) is 4.39. The molecule has 0 radical (unpaired) electrons. The average molecular weight is 419 g/mol. The number of hydrogen-bond donors (Lipinski definition) is 1. The molecule has 1 N–H and O–H groups in total. The first-order chi connectivity index (χ1) is 13.4. The van der Waals surface area contributed by atoms with Crippen LogP contribution in [0.2, 0.25) is 0 Å². The summed E-state index contributed by atoms with van der Waals surface area (Å²) in [5.41, 5.74) is 3.65. The molecule has 5 nitrogen and oxygen atoms in total. The molecule has 1 saturated carbocycles. The van der Waals surface area contributed by atoms with Crippen molar-refractivity contribution in [1.82, 2.24) is 4.90 Å². The maximum Gasteiger partial charge on any atom is 0.254 e. The van der Waals surface area contributed by atoms with Gasteiger partial charge in [-0.05, 0) is 61.4 Å². The van der Waals surface area contributed by atoms with Crippen LogP contribution in [-0.4, -0.2) is 33.5 Å². The number of ether oxygens (including phenoxy) is 1. The first-order valence-corrected chi connectivity index (χ1v) is 11.9. The van der Waals surface area contributed by atoms with E-state index in [1.54, 1.807) is 18.4 Å². The summed E-state index contributed by atoms with van der Waals surface area (Å²) in [5, 5.41) is 0.921. The highest BCUT2D eigenvalue weighted by atomic mass is 32.2. The maximum absolute atomic E-state index is 12.0. The number of benzene rings is 1. The average Bonchev–Trinajstić information content (AvgIpc) is 3.38. The van der Waals surface area contributed by atoms with Crippen LogP contribution in [0, 0.1) is 12.8 Å². The molecular formula is C21H26N2O3S2. The Bertz CT molecular complexity index is 1010. The van der Waals surface area contributed by atoms with E-state index >= 15 is 0 Å². The Morgan fingerprint density at radius 2 is 2.14 bits per heavy atom. The maximum atomic E-state index is 12.0. The minimum atomic E-state index is -3.58. The molecular weight excluding hydrogens is 392 g/mol. The van der Waals surface area contributed by atoms with E-state index in [2.05, 4.69) is 22.3 Å². The molecule has 1 aliphatic carbocycles. The van der Waals surface area contributed by atoms with Crippen LogP contribution in [0.1, 0.15) is 28.8 Å². The van der Waals surface area contributed by atoms with Gasteiger partial charge in [0.25, 0.3) is 10.0 Å². The molecule has 0 saturated heterocycles. The minimum absolute atomic E-state index is 0.524. The molecule has 1 aromatic carbocycles. The van der Waals surface area contributed by atoms with Crippen molar-refractivity contribution in [2.45, 2.75) is 32.7 Å². The molecule has 150 valence electrons. The summed E-state index contributed by atoms with van der Waals surface area (Å²) in [6.07, 6.45) is 3.85. The predicted molar refractivity (Wildman–Crippen MR) is 115 cm³/mol. The number of fused-ring (bicyclic) bond motifs is 1. The summed E-state index contributed by atoms with van der Waals surface area (Å²) in [6, 6.07) is 6.13. The van der Waals surface area contributed by atoms with Crippen LogP contribution in [0.25, 0.3) is 10.4 Å². The van der Waals surface area contributed by atoms with E-state index in [4.69, 9.17) is 4.74 Å². The number of hydrogen-bond acceptors (Lipinski definition) is 5. The summed E-state index contributed by atoms with van der Waals surface area (Å²) >= 11 is 1.80. The quantitative estimate of drug-likeness (QED) is 0.725. The fraction of sp³-hybridized carbons (Fsp3) is 0.429. The van der Waals surface area contributed by atoms with Crippen LogP contribution in [-0.2, 0) is 23.0 Å². The van der Waals surface area contributed by atoms with Crippen molar-refractivity contribution >= 4 is 27.0 Å². The van der Waals surface area contributed by atoms with Gasteiger partial charge < -0.3 is 4.74 Å². The fourth-order valence-corrected chi connectivity index (χ4v) is 5.45. The van der Waals surface area contributed by atoms with Crippen molar-refractivity contribution in [3.05, 3.63) is 46.2 Å². The molecule has 0 atom stereocenters. The van der Waals surface area contributed by atoms with Crippen molar-refractivity contribution in [3.63, 3.8) is 0 Å². The summed E-state index contributed by atoms with van der Waals surface area (Å²) < 4.78 is 32.1. The number of methoxy groups -OCH3 is 1. The van der Waals surface area contributed by atoms with E-state index in [1.165, 1.54) is 29.8 Å².